The number of hydrazone groups is 1. The normalized spacial score (nSPS) is 10.9. The molecule has 30 heavy (non-hydrogen) atoms. The van der Waals surface area contributed by atoms with Crippen LogP contribution in [0.3, 0.4) is 0 Å². The summed E-state index contributed by atoms with van der Waals surface area (Å²) in [7, 11) is 0. The second-order valence-electron chi connectivity index (χ2n) is 5.98. The zero-order valence-corrected chi connectivity index (χ0v) is 17.4. The van der Waals surface area contributed by atoms with Crippen molar-refractivity contribution in [3.05, 3.63) is 74.1 Å². The number of benzene rings is 2. The highest BCUT2D eigenvalue weighted by Crippen LogP contribution is 2.38. The van der Waals surface area contributed by atoms with E-state index in [2.05, 4.69) is 10.5 Å². The Morgan fingerprint density at radius 3 is 2.53 bits per heavy atom. The number of nitrogens with zero attached hydrogens (tertiary/aromatic N) is 2. The Hall–Kier alpha value is -3.43. The number of rotatable bonds is 7. The second-order valence-corrected chi connectivity index (χ2v) is 7.50. The molecule has 0 saturated carbocycles. The number of nitro groups is 1. The summed E-state index contributed by atoms with van der Waals surface area (Å²) in [5.41, 5.74) is 11.1. The molecule has 154 valence electrons. The number of non-ortho nitro benzene ring substituents is 1. The summed E-state index contributed by atoms with van der Waals surface area (Å²) >= 11 is 7.19. The molecule has 0 fully saturated rings. The number of nitrogens with two attached hydrogens (primary N) is 1. The number of carbonyl (C=O) groups is 1. The molecule has 0 bridgehead atoms. The van der Waals surface area contributed by atoms with E-state index in [1.54, 1.807) is 43.3 Å². The van der Waals surface area contributed by atoms with Crippen molar-refractivity contribution >= 4 is 51.5 Å². The van der Waals surface area contributed by atoms with Crippen molar-refractivity contribution in [2.24, 2.45) is 5.10 Å². The fraction of sp³-hybridized carbons (Fsp3) is 0.100. The molecule has 0 spiro atoms. The first-order valence-corrected chi connectivity index (χ1v) is 9.99. The Balaban J connectivity index is 1.94. The van der Waals surface area contributed by atoms with Crippen LogP contribution in [0.2, 0.25) is 5.02 Å². The second kappa shape index (κ2) is 9.38. The quantitative estimate of drug-likeness (QED) is 0.224. The molecule has 0 aliphatic carbocycles. The third-order valence-electron chi connectivity index (χ3n) is 4.03. The molecule has 0 atom stereocenters. The number of carbonyl (C=O) groups excluding carboxylic acids is 1. The molecule has 2 aromatic carbocycles. The van der Waals surface area contributed by atoms with Crippen molar-refractivity contribution in [3.8, 4) is 11.1 Å². The number of esters is 1. The molecule has 3 aromatic rings. The van der Waals surface area contributed by atoms with Crippen molar-refractivity contribution in [1.29, 1.82) is 0 Å². The van der Waals surface area contributed by atoms with Crippen molar-refractivity contribution in [2.75, 3.05) is 17.8 Å². The minimum Gasteiger partial charge on any atom is -0.462 e. The number of nitrogens with one attached hydrogen (secondary N) is 1. The van der Waals surface area contributed by atoms with E-state index < -0.39 is 10.9 Å². The van der Waals surface area contributed by atoms with E-state index in [1.165, 1.54) is 29.7 Å². The zero-order valence-electron chi connectivity index (χ0n) is 15.8. The van der Waals surface area contributed by atoms with Gasteiger partial charge in [-0.3, -0.25) is 15.5 Å². The van der Waals surface area contributed by atoms with Gasteiger partial charge in [-0.25, -0.2) is 4.79 Å². The molecule has 1 aromatic heterocycles. The van der Waals surface area contributed by atoms with Crippen LogP contribution in [0.25, 0.3) is 11.1 Å². The number of nitro benzene ring substituents is 1. The highest BCUT2D eigenvalue weighted by molar-refractivity contribution is 7.18. The zero-order chi connectivity index (χ0) is 21.7. The van der Waals surface area contributed by atoms with Gasteiger partial charge in [0.15, 0.2) is 0 Å². The molecule has 0 aliphatic rings. The standard InChI is InChI=1S/C20H17ClN4O4S/c1-2-29-20(26)18-17(12-3-5-13(21)6-4-12)16(30-19(18)22)11-23-24-14-7-9-15(10-8-14)25(27)28/h3-11,24H,2,22H2,1H3/b23-11+. The van der Waals surface area contributed by atoms with Crippen molar-refractivity contribution in [3.63, 3.8) is 0 Å². The lowest BCUT2D eigenvalue weighted by Gasteiger charge is -2.07. The van der Waals surface area contributed by atoms with E-state index in [1.807, 2.05) is 0 Å². The summed E-state index contributed by atoms with van der Waals surface area (Å²) in [6, 6.07) is 12.8. The third kappa shape index (κ3) is 4.76. The number of nitrogen functional groups attached to an aromatic ring is 1. The third-order valence-corrected chi connectivity index (χ3v) is 5.23. The van der Waals surface area contributed by atoms with Crippen LogP contribution in [0.4, 0.5) is 16.4 Å². The first-order valence-electron chi connectivity index (χ1n) is 8.79. The fourth-order valence-corrected chi connectivity index (χ4v) is 3.77. The predicted molar refractivity (Wildman–Crippen MR) is 119 cm³/mol. The minimum atomic E-state index is -0.515. The molecule has 0 radical (unpaired) electrons. The monoisotopic (exact) mass is 444 g/mol. The van der Waals surface area contributed by atoms with Gasteiger partial charge < -0.3 is 10.5 Å². The van der Waals surface area contributed by atoms with E-state index >= 15 is 0 Å². The number of thiophene rings is 1. The minimum absolute atomic E-state index is 0.0142. The Kier molecular flexibility index (Phi) is 6.65. The van der Waals surface area contributed by atoms with Gasteiger partial charge >= 0.3 is 5.97 Å². The van der Waals surface area contributed by atoms with Gasteiger partial charge in [-0.1, -0.05) is 23.7 Å². The van der Waals surface area contributed by atoms with Crippen LogP contribution in [-0.2, 0) is 4.74 Å². The van der Waals surface area contributed by atoms with Gasteiger partial charge in [0, 0.05) is 22.7 Å². The van der Waals surface area contributed by atoms with E-state index in [9.17, 15) is 14.9 Å². The van der Waals surface area contributed by atoms with Gasteiger partial charge in [0.05, 0.1) is 28.3 Å². The first-order chi connectivity index (χ1) is 14.4. The number of ether oxygens (including phenoxy) is 1. The lowest BCUT2D eigenvalue weighted by molar-refractivity contribution is -0.384. The number of anilines is 2. The van der Waals surface area contributed by atoms with Gasteiger partial charge in [-0.15, -0.1) is 11.3 Å². The largest absolute Gasteiger partial charge is 0.462 e. The maximum absolute atomic E-state index is 12.5. The maximum Gasteiger partial charge on any atom is 0.341 e. The molecule has 0 saturated heterocycles. The predicted octanol–water partition coefficient (Wildman–Crippen LogP) is 5.18. The summed E-state index contributed by atoms with van der Waals surface area (Å²) in [4.78, 5) is 23.4. The summed E-state index contributed by atoms with van der Waals surface area (Å²) in [6.45, 7) is 1.94. The van der Waals surface area contributed by atoms with Crippen LogP contribution < -0.4 is 11.2 Å². The van der Waals surface area contributed by atoms with Crippen LogP contribution in [0.1, 0.15) is 22.2 Å². The fourth-order valence-electron chi connectivity index (χ4n) is 2.69. The number of hydrogen-bond acceptors (Lipinski definition) is 8. The van der Waals surface area contributed by atoms with E-state index in [-0.39, 0.29) is 17.9 Å². The molecule has 3 rings (SSSR count). The number of halogens is 1. The number of hydrogen-bond donors (Lipinski definition) is 2. The molecular weight excluding hydrogens is 428 g/mol. The Labute approximate surface area is 181 Å². The summed E-state index contributed by atoms with van der Waals surface area (Å²) in [6.07, 6.45) is 1.54. The molecule has 1 heterocycles. The molecule has 0 unspecified atom stereocenters. The summed E-state index contributed by atoms with van der Waals surface area (Å²) < 4.78 is 5.16. The van der Waals surface area contributed by atoms with Crippen LogP contribution in [0.15, 0.2) is 53.6 Å². The Morgan fingerprint density at radius 1 is 1.27 bits per heavy atom. The van der Waals surface area contributed by atoms with Crippen LogP contribution in [0, 0.1) is 10.1 Å². The molecule has 3 N–H and O–H groups in total. The highest BCUT2D eigenvalue weighted by Gasteiger charge is 2.24. The summed E-state index contributed by atoms with van der Waals surface area (Å²) in [5.74, 6) is -0.515. The Bertz CT molecular complexity index is 1100. The lowest BCUT2D eigenvalue weighted by atomic mass is 10.0. The smallest absolute Gasteiger partial charge is 0.341 e. The average molecular weight is 445 g/mol. The molecule has 10 heteroatoms. The van der Waals surface area contributed by atoms with Gasteiger partial charge in [0.2, 0.25) is 0 Å². The SMILES string of the molecule is CCOC(=O)c1c(N)sc(/C=N/Nc2ccc([N+](=O)[O-])cc2)c1-c1ccc(Cl)cc1. The van der Waals surface area contributed by atoms with Crippen molar-refractivity contribution < 1.29 is 14.5 Å². The van der Waals surface area contributed by atoms with Gasteiger partial charge in [-0.05, 0) is 36.8 Å². The lowest BCUT2D eigenvalue weighted by Crippen LogP contribution is -2.07. The van der Waals surface area contributed by atoms with Crippen molar-refractivity contribution in [1.82, 2.24) is 0 Å². The molecular formula is C20H17ClN4O4S. The highest BCUT2D eigenvalue weighted by atomic mass is 35.5. The first kappa shape index (κ1) is 21.3. The average Bonchev–Trinajstić information content (AvgIpc) is 3.05. The topological polar surface area (TPSA) is 120 Å². The van der Waals surface area contributed by atoms with Gasteiger partial charge in [-0.2, -0.15) is 5.10 Å². The maximum atomic E-state index is 12.5. The van der Waals surface area contributed by atoms with Gasteiger partial charge in [0.25, 0.3) is 5.69 Å². The van der Waals surface area contributed by atoms with Crippen LogP contribution in [-0.4, -0.2) is 23.7 Å². The molecule has 0 aliphatic heterocycles. The summed E-state index contributed by atoms with van der Waals surface area (Å²) in [5, 5.41) is 15.8. The molecule has 8 nitrogen and oxygen atoms in total. The van der Waals surface area contributed by atoms with E-state index in [4.69, 9.17) is 22.1 Å². The van der Waals surface area contributed by atoms with E-state index in [0.717, 1.165) is 5.56 Å². The van der Waals surface area contributed by atoms with Gasteiger partial charge in [0.1, 0.15) is 10.6 Å². The van der Waals surface area contributed by atoms with E-state index in [0.29, 0.717) is 26.2 Å². The van der Waals surface area contributed by atoms with Crippen LogP contribution >= 0.6 is 22.9 Å². The molecule has 0 amide bonds. The van der Waals surface area contributed by atoms with Crippen molar-refractivity contribution in [2.45, 2.75) is 6.92 Å². The Morgan fingerprint density at radius 2 is 1.93 bits per heavy atom. The van der Waals surface area contributed by atoms with Crippen LogP contribution in [0.5, 0.6) is 0 Å².